The third-order valence-electron chi connectivity index (χ3n) is 7.10. The molecule has 0 bridgehead atoms. The topological polar surface area (TPSA) is 102 Å². The Morgan fingerprint density at radius 3 is 2.47 bits per heavy atom. The Morgan fingerprint density at radius 1 is 1.00 bits per heavy atom. The van der Waals surface area contributed by atoms with Crippen LogP contribution in [0.5, 0.6) is 5.75 Å². The summed E-state index contributed by atoms with van der Waals surface area (Å²) in [6.07, 6.45) is 4.60. The number of ether oxygens (including phenoxy) is 1. The van der Waals surface area contributed by atoms with E-state index in [9.17, 15) is 19.8 Å². The molecule has 2 N–H and O–H groups in total. The number of aryl methyl sites for hydroxylation is 2. The fourth-order valence-corrected chi connectivity index (χ4v) is 4.85. The van der Waals surface area contributed by atoms with Crippen molar-refractivity contribution in [1.29, 1.82) is 0 Å². The summed E-state index contributed by atoms with van der Waals surface area (Å²) >= 11 is 0. The Hall–Kier alpha value is -4.39. The second-order valence-corrected chi connectivity index (χ2v) is 9.74. The standard InChI is InChI=1S/C31H30N2O5/c1-3-33-14-13-28(32-33)23-11-12-29(19(2)15-23)38-18-27-21(5-4-6-25(27)20-7-8-20)16-22-9-10-24(30(34)35)17-26(22)31(36)37/h4-6,9-15,17,20H,3,7-8,16,18H2,1-2H3,(H,34,35)(H,36,37). The van der Waals surface area contributed by atoms with Crippen molar-refractivity contribution in [2.24, 2.45) is 0 Å². The molecule has 0 amide bonds. The van der Waals surface area contributed by atoms with Crippen LogP contribution in [0.25, 0.3) is 11.3 Å². The first-order valence-electron chi connectivity index (χ1n) is 12.8. The van der Waals surface area contributed by atoms with Crippen LogP contribution in [0.3, 0.4) is 0 Å². The molecular weight excluding hydrogens is 480 g/mol. The van der Waals surface area contributed by atoms with Crippen LogP contribution in [-0.4, -0.2) is 31.9 Å². The van der Waals surface area contributed by atoms with E-state index >= 15 is 0 Å². The summed E-state index contributed by atoms with van der Waals surface area (Å²) in [6.45, 7) is 5.26. The fraction of sp³-hybridized carbons (Fsp3) is 0.258. The van der Waals surface area contributed by atoms with E-state index < -0.39 is 11.9 Å². The number of nitrogens with zero attached hydrogens (tertiary/aromatic N) is 2. The molecule has 1 aromatic heterocycles. The molecule has 0 spiro atoms. The molecule has 194 valence electrons. The van der Waals surface area contributed by atoms with Crippen molar-refractivity contribution in [2.45, 2.75) is 52.2 Å². The van der Waals surface area contributed by atoms with Gasteiger partial charge in [0.1, 0.15) is 12.4 Å². The van der Waals surface area contributed by atoms with Crippen LogP contribution in [0, 0.1) is 6.92 Å². The monoisotopic (exact) mass is 510 g/mol. The van der Waals surface area contributed by atoms with Crippen LogP contribution in [0.1, 0.15) is 74.2 Å². The van der Waals surface area contributed by atoms with E-state index in [-0.39, 0.29) is 11.1 Å². The van der Waals surface area contributed by atoms with Gasteiger partial charge in [-0.15, -0.1) is 0 Å². The van der Waals surface area contributed by atoms with Crippen molar-refractivity contribution in [3.63, 3.8) is 0 Å². The number of carbonyl (C=O) groups is 2. The molecule has 5 rings (SSSR count). The summed E-state index contributed by atoms with van der Waals surface area (Å²) in [7, 11) is 0. The van der Waals surface area contributed by atoms with Gasteiger partial charge in [0.15, 0.2) is 0 Å². The van der Waals surface area contributed by atoms with Gasteiger partial charge >= 0.3 is 11.9 Å². The lowest BCUT2D eigenvalue weighted by Crippen LogP contribution is -2.09. The van der Waals surface area contributed by atoms with E-state index in [0.29, 0.717) is 24.5 Å². The van der Waals surface area contributed by atoms with E-state index in [1.54, 1.807) is 6.07 Å². The zero-order valence-electron chi connectivity index (χ0n) is 21.5. The van der Waals surface area contributed by atoms with E-state index in [2.05, 4.69) is 24.2 Å². The maximum Gasteiger partial charge on any atom is 0.336 e. The summed E-state index contributed by atoms with van der Waals surface area (Å²) < 4.78 is 8.24. The average molecular weight is 511 g/mol. The van der Waals surface area contributed by atoms with Gasteiger partial charge in [0.2, 0.25) is 0 Å². The van der Waals surface area contributed by atoms with E-state index in [4.69, 9.17) is 4.74 Å². The number of carboxylic acid groups (broad SMARTS) is 2. The van der Waals surface area contributed by atoms with Crippen LogP contribution < -0.4 is 4.74 Å². The highest BCUT2D eigenvalue weighted by molar-refractivity contribution is 5.95. The largest absolute Gasteiger partial charge is 0.489 e. The number of rotatable bonds is 10. The van der Waals surface area contributed by atoms with Crippen molar-refractivity contribution in [3.8, 4) is 17.0 Å². The van der Waals surface area contributed by atoms with Crippen LogP contribution in [0.4, 0.5) is 0 Å². The van der Waals surface area contributed by atoms with Crippen LogP contribution in [0.2, 0.25) is 0 Å². The Balaban J connectivity index is 1.42. The molecule has 7 heteroatoms. The molecule has 0 saturated heterocycles. The molecule has 4 aromatic rings. The Kier molecular flexibility index (Phi) is 7.01. The number of aromatic carboxylic acids is 2. The normalized spacial score (nSPS) is 12.9. The molecule has 1 aliphatic carbocycles. The summed E-state index contributed by atoms with van der Waals surface area (Å²) in [6, 6.07) is 18.5. The average Bonchev–Trinajstić information content (AvgIpc) is 3.64. The van der Waals surface area contributed by atoms with Crippen LogP contribution >= 0.6 is 0 Å². The lowest BCUT2D eigenvalue weighted by molar-refractivity contribution is 0.0695. The SMILES string of the molecule is CCn1ccc(-c2ccc(OCc3c(Cc4ccc(C(=O)O)cc4C(=O)O)cccc3C3CC3)c(C)c2)n1. The molecular formula is C31H30N2O5. The quantitative estimate of drug-likeness (QED) is 0.259. The predicted molar refractivity (Wildman–Crippen MR) is 144 cm³/mol. The molecule has 1 aliphatic rings. The highest BCUT2D eigenvalue weighted by atomic mass is 16.5. The number of carboxylic acids is 2. The van der Waals surface area contributed by atoms with E-state index in [1.165, 1.54) is 17.7 Å². The van der Waals surface area contributed by atoms with Crippen molar-refractivity contribution in [2.75, 3.05) is 0 Å². The minimum atomic E-state index is -1.15. The summed E-state index contributed by atoms with van der Waals surface area (Å²) in [5.74, 6) is -1.01. The van der Waals surface area contributed by atoms with Crippen molar-refractivity contribution in [1.82, 2.24) is 9.78 Å². The second kappa shape index (κ2) is 10.5. The first-order valence-corrected chi connectivity index (χ1v) is 12.8. The van der Waals surface area contributed by atoms with Crippen molar-refractivity contribution in [3.05, 3.63) is 106 Å². The Morgan fingerprint density at radius 2 is 1.82 bits per heavy atom. The van der Waals surface area contributed by atoms with E-state index in [0.717, 1.165) is 53.1 Å². The van der Waals surface area contributed by atoms with Gasteiger partial charge in [0, 0.05) is 18.3 Å². The van der Waals surface area contributed by atoms with Gasteiger partial charge in [-0.2, -0.15) is 5.10 Å². The first kappa shape index (κ1) is 25.3. The maximum atomic E-state index is 11.9. The molecule has 0 atom stereocenters. The molecule has 1 saturated carbocycles. The zero-order chi connectivity index (χ0) is 26.8. The molecule has 1 fully saturated rings. The number of aromatic nitrogens is 2. The van der Waals surface area contributed by atoms with Crippen molar-refractivity contribution < 1.29 is 24.5 Å². The van der Waals surface area contributed by atoms with Gasteiger partial charge in [-0.25, -0.2) is 9.59 Å². The smallest absolute Gasteiger partial charge is 0.336 e. The Labute approximate surface area is 221 Å². The minimum Gasteiger partial charge on any atom is -0.489 e. The molecule has 7 nitrogen and oxygen atoms in total. The van der Waals surface area contributed by atoms with Crippen LogP contribution in [-0.2, 0) is 19.6 Å². The van der Waals surface area contributed by atoms with Crippen LogP contribution in [0.15, 0.2) is 66.9 Å². The third kappa shape index (κ3) is 5.32. The molecule has 3 aromatic carbocycles. The lowest BCUT2D eigenvalue weighted by atomic mass is 9.91. The highest BCUT2D eigenvalue weighted by Crippen LogP contribution is 2.43. The molecule has 1 heterocycles. The zero-order valence-corrected chi connectivity index (χ0v) is 21.5. The fourth-order valence-electron chi connectivity index (χ4n) is 4.85. The molecule has 0 radical (unpaired) electrons. The predicted octanol–water partition coefficient (Wildman–Crippen LogP) is 6.32. The summed E-state index contributed by atoms with van der Waals surface area (Å²) in [5.41, 5.74) is 6.80. The number of benzene rings is 3. The van der Waals surface area contributed by atoms with Gasteiger partial charge in [-0.1, -0.05) is 24.3 Å². The van der Waals surface area contributed by atoms with Gasteiger partial charge in [0.25, 0.3) is 0 Å². The lowest BCUT2D eigenvalue weighted by Gasteiger charge is -2.18. The van der Waals surface area contributed by atoms with Gasteiger partial charge in [0.05, 0.1) is 16.8 Å². The summed E-state index contributed by atoms with van der Waals surface area (Å²) in [5, 5.41) is 23.6. The minimum absolute atomic E-state index is 0.00513. The number of hydrogen-bond donors (Lipinski definition) is 2. The van der Waals surface area contributed by atoms with Crippen molar-refractivity contribution >= 4 is 11.9 Å². The first-order chi connectivity index (χ1) is 18.3. The third-order valence-corrected chi connectivity index (χ3v) is 7.10. The maximum absolute atomic E-state index is 11.9. The second-order valence-electron chi connectivity index (χ2n) is 9.74. The van der Waals surface area contributed by atoms with Gasteiger partial charge in [-0.05, 0) is 103 Å². The van der Waals surface area contributed by atoms with Gasteiger partial charge < -0.3 is 14.9 Å². The highest BCUT2D eigenvalue weighted by Gasteiger charge is 2.27. The molecule has 0 unspecified atom stereocenters. The molecule has 38 heavy (non-hydrogen) atoms. The molecule has 0 aliphatic heterocycles. The van der Waals surface area contributed by atoms with E-state index in [1.807, 2.05) is 48.1 Å². The number of hydrogen-bond acceptors (Lipinski definition) is 4. The van der Waals surface area contributed by atoms with Gasteiger partial charge in [-0.3, -0.25) is 4.68 Å². The Bertz CT molecular complexity index is 1520. The summed E-state index contributed by atoms with van der Waals surface area (Å²) in [4.78, 5) is 23.3.